The minimum atomic E-state index is -0.531. The lowest BCUT2D eigenvalue weighted by molar-refractivity contribution is -0.122. The molecule has 2 aromatic rings. The lowest BCUT2D eigenvalue weighted by Crippen LogP contribution is -2.46. The first-order valence-electron chi connectivity index (χ1n) is 6.77. The van der Waals surface area contributed by atoms with E-state index < -0.39 is 6.04 Å². The van der Waals surface area contributed by atoms with Crippen molar-refractivity contribution < 1.29 is 9.21 Å². The van der Waals surface area contributed by atoms with E-state index >= 15 is 0 Å². The van der Waals surface area contributed by atoms with E-state index in [1.165, 1.54) is 0 Å². The zero-order chi connectivity index (χ0) is 14.4. The van der Waals surface area contributed by atoms with Crippen molar-refractivity contribution in [1.82, 2.24) is 5.32 Å². The smallest absolute Gasteiger partial charge is 0.237 e. The molecule has 1 aromatic heterocycles. The normalized spacial score (nSPS) is 13.7. The highest BCUT2D eigenvalue weighted by Gasteiger charge is 2.16. The second-order valence-electron chi connectivity index (χ2n) is 4.99. The van der Waals surface area contributed by atoms with E-state index in [1.807, 2.05) is 49.4 Å². The molecule has 2 rings (SSSR count). The number of carbonyl (C=O) groups excluding carboxylic acids is 1. The summed E-state index contributed by atoms with van der Waals surface area (Å²) >= 11 is 0. The third-order valence-electron chi connectivity index (χ3n) is 3.11. The Morgan fingerprint density at radius 2 is 1.95 bits per heavy atom. The van der Waals surface area contributed by atoms with Gasteiger partial charge in [-0.05, 0) is 31.0 Å². The largest absolute Gasteiger partial charge is 0.469 e. The van der Waals surface area contributed by atoms with Crippen molar-refractivity contribution in [3.8, 4) is 0 Å². The Hall–Kier alpha value is -2.07. The molecule has 0 radical (unpaired) electrons. The summed E-state index contributed by atoms with van der Waals surface area (Å²) in [5.74, 6) is 0.724. The molecule has 0 aliphatic carbocycles. The maximum absolute atomic E-state index is 12.0. The minimum Gasteiger partial charge on any atom is -0.469 e. The SMILES string of the molecule is CC(Cc1ccco1)NC(=O)C(N)Cc1ccccc1. The van der Waals surface area contributed by atoms with Crippen molar-refractivity contribution in [3.05, 3.63) is 60.1 Å². The number of amides is 1. The van der Waals surface area contributed by atoms with E-state index in [4.69, 9.17) is 10.2 Å². The van der Waals surface area contributed by atoms with Crippen molar-refractivity contribution in [2.45, 2.75) is 31.8 Å². The van der Waals surface area contributed by atoms with E-state index in [-0.39, 0.29) is 11.9 Å². The molecule has 1 amide bonds. The van der Waals surface area contributed by atoms with Gasteiger partial charge < -0.3 is 15.5 Å². The second kappa shape index (κ2) is 6.91. The molecule has 4 nitrogen and oxygen atoms in total. The highest BCUT2D eigenvalue weighted by atomic mass is 16.3. The maximum atomic E-state index is 12.0. The number of nitrogens with one attached hydrogen (secondary N) is 1. The Morgan fingerprint density at radius 3 is 2.60 bits per heavy atom. The van der Waals surface area contributed by atoms with Gasteiger partial charge in [0.2, 0.25) is 5.91 Å². The molecule has 0 spiro atoms. The average molecular weight is 272 g/mol. The first-order valence-corrected chi connectivity index (χ1v) is 6.77. The number of rotatable bonds is 6. The molecule has 106 valence electrons. The van der Waals surface area contributed by atoms with Gasteiger partial charge in [-0.3, -0.25) is 4.79 Å². The van der Waals surface area contributed by atoms with Crippen LogP contribution < -0.4 is 11.1 Å². The zero-order valence-corrected chi connectivity index (χ0v) is 11.6. The fraction of sp³-hybridized carbons (Fsp3) is 0.312. The number of furan rings is 1. The number of benzene rings is 1. The van der Waals surface area contributed by atoms with Gasteiger partial charge in [0, 0.05) is 12.5 Å². The van der Waals surface area contributed by atoms with Crippen LogP contribution in [-0.2, 0) is 17.6 Å². The summed E-state index contributed by atoms with van der Waals surface area (Å²) in [5, 5.41) is 2.91. The predicted octanol–water partition coefficient (Wildman–Crippen LogP) is 1.90. The molecule has 0 saturated heterocycles. The topological polar surface area (TPSA) is 68.3 Å². The van der Waals surface area contributed by atoms with Crippen LogP contribution in [0.3, 0.4) is 0 Å². The molecule has 0 bridgehead atoms. The molecule has 0 aliphatic rings. The summed E-state index contributed by atoms with van der Waals surface area (Å²) in [7, 11) is 0. The third-order valence-corrected chi connectivity index (χ3v) is 3.11. The molecule has 0 aliphatic heterocycles. The Balaban J connectivity index is 1.81. The van der Waals surface area contributed by atoms with E-state index in [1.54, 1.807) is 6.26 Å². The van der Waals surface area contributed by atoms with Crippen LogP contribution in [-0.4, -0.2) is 18.0 Å². The predicted molar refractivity (Wildman–Crippen MR) is 78.1 cm³/mol. The molecule has 0 saturated carbocycles. The van der Waals surface area contributed by atoms with Gasteiger partial charge in [0.25, 0.3) is 0 Å². The summed E-state index contributed by atoms with van der Waals surface area (Å²) in [6, 6.07) is 13.0. The average Bonchev–Trinajstić information content (AvgIpc) is 2.92. The van der Waals surface area contributed by atoms with Crippen LogP contribution in [0.25, 0.3) is 0 Å². The maximum Gasteiger partial charge on any atom is 0.237 e. The van der Waals surface area contributed by atoms with Gasteiger partial charge in [-0.1, -0.05) is 30.3 Å². The fourth-order valence-electron chi connectivity index (χ4n) is 2.09. The highest BCUT2D eigenvalue weighted by molar-refractivity contribution is 5.82. The molecule has 3 N–H and O–H groups in total. The van der Waals surface area contributed by atoms with E-state index in [9.17, 15) is 4.79 Å². The summed E-state index contributed by atoms with van der Waals surface area (Å²) in [5.41, 5.74) is 7.00. The van der Waals surface area contributed by atoms with Gasteiger partial charge in [-0.2, -0.15) is 0 Å². The van der Waals surface area contributed by atoms with Crippen molar-refractivity contribution in [1.29, 1.82) is 0 Å². The quantitative estimate of drug-likeness (QED) is 0.844. The number of hydrogen-bond donors (Lipinski definition) is 2. The van der Waals surface area contributed by atoms with Crippen LogP contribution >= 0.6 is 0 Å². The Morgan fingerprint density at radius 1 is 1.20 bits per heavy atom. The van der Waals surface area contributed by atoms with Gasteiger partial charge in [-0.15, -0.1) is 0 Å². The van der Waals surface area contributed by atoms with E-state index in [0.717, 1.165) is 11.3 Å². The van der Waals surface area contributed by atoms with Gasteiger partial charge >= 0.3 is 0 Å². The van der Waals surface area contributed by atoms with Crippen molar-refractivity contribution in [3.63, 3.8) is 0 Å². The van der Waals surface area contributed by atoms with Crippen molar-refractivity contribution >= 4 is 5.91 Å². The summed E-state index contributed by atoms with van der Waals surface area (Å²) in [6.45, 7) is 1.94. The van der Waals surface area contributed by atoms with E-state index in [2.05, 4.69) is 5.32 Å². The monoisotopic (exact) mass is 272 g/mol. The molecule has 1 heterocycles. The lowest BCUT2D eigenvalue weighted by Gasteiger charge is -2.17. The van der Waals surface area contributed by atoms with Gasteiger partial charge in [0.1, 0.15) is 5.76 Å². The van der Waals surface area contributed by atoms with Crippen LogP contribution in [0.5, 0.6) is 0 Å². The molecule has 2 atom stereocenters. The standard InChI is InChI=1S/C16H20N2O2/c1-12(10-14-8-5-9-20-14)18-16(19)15(17)11-13-6-3-2-4-7-13/h2-9,12,15H,10-11,17H2,1H3,(H,18,19). The molecule has 0 fully saturated rings. The molecular weight excluding hydrogens is 252 g/mol. The van der Waals surface area contributed by atoms with Crippen molar-refractivity contribution in [2.75, 3.05) is 0 Å². The van der Waals surface area contributed by atoms with Gasteiger partial charge in [-0.25, -0.2) is 0 Å². The molecular formula is C16H20N2O2. The molecule has 1 aromatic carbocycles. The van der Waals surface area contributed by atoms with Crippen LogP contribution in [0.2, 0.25) is 0 Å². The van der Waals surface area contributed by atoms with Crippen LogP contribution in [0.1, 0.15) is 18.2 Å². The zero-order valence-electron chi connectivity index (χ0n) is 11.6. The summed E-state index contributed by atoms with van der Waals surface area (Å²) in [4.78, 5) is 12.0. The van der Waals surface area contributed by atoms with Crippen LogP contribution in [0.15, 0.2) is 53.1 Å². The summed E-state index contributed by atoms with van der Waals surface area (Å²) < 4.78 is 5.26. The summed E-state index contributed by atoms with van der Waals surface area (Å²) in [6.07, 6.45) is 2.84. The Bertz CT molecular complexity index is 523. The van der Waals surface area contributed by atoms with Crippen LogP contribution in [0, 0.1) is 0 Å². The highest BCUT2D eigenvalue weighted by Crippen LogP contribution is 2.05. The Kier molecular flexibility index (Phi) is 4.96. The number of hydrogen-bond acceptors (Lipinski definition) is 3. The second-order valence-corrected chi connectivity index (χ2v) is 4.99. The Labute approximate surface area is 119 Å². The van der Waals surface area contributed by atoms with Gasteiger partial charge in [0.15, 0.2) is 0 Å². The third kappa shape index (κ3) is 4.24. The van der Waals surface area contributed by atoms with Crippen molar-refractivity contribution in [2.24, 2.45) is 5.73 Å². The van der Waals surface area contributed by atoms with E-state index in [0.29, 0.717) is 12.8 Å². The first kappa shape index (κ1) is 14.3. The molecule has 20 heavy (non-hydrogen) atoms. The van der Waals surface area contributed by atoms with Gasteiger partial charge in [0.05, 0.1) is 12.3 Å². The molecule has 4 heteroatoms. The minimum absolute atomic E-state index is 0.00419. The molecule has 2 unspecified atom stereocenters. The first-order chi connectivity index (χ1) is 9.65. The fourth-order valence-corrected chi connectivity index (χ4v) is 2.09. The number of carbonyl (C=O) groups is 1. The lowest BCUT2D eigenvalue weighted by atomic mass is 10.1. The number of nitrogens with two attached hydrogens (primary N) is 1. The van der Waals surface area contributed by atoms with Crippen LogP contribution in [0.4, 0.5) is 0 Å².